The summed E-state index contributed by atoms with van der Waals surface area (Å²) in [5.41, 5.74) is -1.73. The minimum absolute atomic E-state index is 0.0244. The van der Waals surface area contributed by atoms with Gasteiger partial charge in [0.15, 0.2) is 12.2 Å². The van der Waals surface area contributed by atoms with Gasteiger partial charge in [0.1, 0.15) is 11.5 Å². The maximum absolute atomic E-state index is 12.0. The molecule has 7 nitrogen and oxygen atoms in total. The summed E-state index contributed by atoms with van der Waals surface area (Å²) in [6.45, 7) is 0.277. The Hall–Kier alpha value is -2.28. The lowest BCUT2D eigenvalue weighted by Crippen LogP contribution is -2.51. The average Bonchev–Trinajstić information content (AvgIpc) is 2.53. The number of aliphatic hydroxyl groups is 1. The Labute approximate surface area is 128 Å². The first-order valence-corrected chi connectivity index (χ1v) is 6.95. The van der Waals surface area contributed by atoms with Gasteiger partial charge in [-0.3, -0.25) is 4.79 Å². The predicted molar refractivity (Wildman–Crippen MR) is 76.9 cm³/mol. The van der Waals surface area contributed by atoms with Crippen LogP contribution in [0.2, 0.25) is 0 Å². The minimum atomic E-state index is -1.73. The number of nitrogens with zero attached hydrogens (tertiary/aromatic N) is 1. The number of hydrogen-bond acceptors (Lipinski definition) is 5. The number of ether oxygens (including phenoxy) is 2. The Kier molecular flexibility index (Phi) is 4.87. The van der Waals surface area contributed by atoms with E-state index >= 15 is 0 Å². The van der Waals surface area contributed by atoms with Crippen molar-refractivity contribution < 1.29 is 29.3 Å². The molecule has 1 amide bonds. The van der Waals surface area contributed by atoms with Crippen molar-refractivity contribution in [2.75, 3.05) is 26.8 Å². The molecule has 1 heterocycles. The molecule has 120 valence electrons. The zero-order valence-corrected chi connectivity index (χ0v) is 12.3. The van der Waals surface area contributed by atoms with Crippen molar-refractivity contribution in [2.24, 2.45) is 0 Å². The van der Waals surface area contributed by atoms with E-state index in [1.807, 2.05) is 0 Å². The van der Waals surface area contributed by atoms with Crippen molar-refractivity contribution in [3.63, 3.8) is 0 Å². The third-order valence-electron chi connectivity index (χ3n) is 3.76. The fourth-order valence-corrected chi connectivity index (χ4v) is 2.25. The molecule has 0 bridgehead atoms. The van der Waals surface area contributed by atoms with E-state index in [1.54, 1.807) is 31.4 Å². The van der Waals surface area contributed by atoms with Crippen molar-refractivity contribution in [2.45, 2.75) is 18.4 Å². The third-order valence-corrected chi connectivity index (χ3v) is 3.76. The second-order valence-corrected chi connectivity index (χ2v) is 5.18. The minimum Gasteiger partial charge on any atom is -0.497 e. The van der Waals surface area contributed by atoms with E-state index in [0.717, 1.165) is 0 Å². The van der Waals surface area contributed by atoms with Gasteiger partial charge in [0.25, 0.3) is 5.91 Å². The lowest BCUT2D eigenvalue weighted by molar-refractivity contribution is -0.165. The topological polar surface area (TPSA) is 96.3 Å². The van der Waals surface area contributed by atoms with Gasteiger partial charge in [-0.25, -0.2) is 4.79 Å². The molecule has 0 spiro atoms. The summed E-state index contributed by atoms with van der Waals surface area (Å²) < 4.78 is 10.4. The van der Waals surface area contributed by atoms with Crippen molar-refractivity contribution >= 4 is 11.9 Å². The Morgan fingerprint density at radius 2 is 1.73 bits per heavy atom. The Morgan fingerprint density at radius 1 is 1.18 bits per heavy atom. The molecule has 0 aromatic heterocycles. The van der Waals surface area contributed by atoms with Crippen molar-refractivity contribution in [1.29, 1.82) is 0 Å². The maximum atomic E-state index is 12.0. The summed E-state index contributed by atoms with van der Waals surface area (Å²) in [5, 5.41) is 18.8. The molecule has 2 N–H and O–H groups in total. The number of methoxy groups -OCH3 is 1. The fourth-order valence-electron chi connectivity index (χ4n) is 2.25. The number of hydrogen-bond donors (Lipinski definition) is 2. The first-order valence-electron chi connectivity index (χ1n) is 6.95. The van der Waals surface area contributed by atoms with Gasteiger partial charge in [-0.1, -0.05) is 0 Å². The molecule has 22 heavy (non-hydrogen) atoms. The van der Waals surface area contributed by atoms with Crippen LogP contribution in [0.3, 0.4) is 0 Å². The van der Waals surface area contributed by atoms with Crippen molar-refractivity contribution in [3.8, 4) is 11.5 Å². The zero-order valence-electron chi connectivity index (χ0n) is 12.3. The molecule has 1 fully saturated rings. The zero-order chi connectivity index (χ0) is 16.2. The SMILES string of the molecule is COc1ccc(OCC(=O)N2CCC(O)(C(=O)O)CC2)cc1. The highest BCUT2D eigenvalue weighted by molar-refractivity contribution is 5.80. The van der Waals surface area contributed by atoms with Crippen LogP contribution in [0.5, 0.6) is 11.5 Å². The molecule has 0 saturated carbocycles. The largest absolute Gasteiger partial charge is 0.497 e. The molecule has 0 atom stereocenters. The number of carbonyl (C=O) groups is 2. The van der Waals surface area contributed by atoms with Crippen LogP contribution in [0.15, 0.2) is 24.3 Å². The normalized spacial score (nSPS) is 16.9. The van der Waals surface area contributed by atoms with Gasteiger partial charge in [0, 0.05) is 25.9 Å². The summed E-state index contributed by atoms with van der Waals surface area (Å²) in [6.07, 6.45) is 0.0488. The first-order chi connectivity index (χ1) is 10.4. The number of carbonyl (C=O) groups excluding carboxylic acids is 1. The summed E-state index contributed by atoms with van der Waals surface area (Å²) >= 11 is 0. The van der Waals surface area contributed by atoms with E-state index in [2.05, 4.69) is 0 Å². The van der Waals surface area contributed by atoms with Crippen LogP contribution < -0.4 is 9.47 Å². The van der Waals surface area contributed by atoms with Crippen LogP contribution in [-0.2, 0) is 9.59 Å². The molecule has 1 saturated heterocycles. The lowest BCUT2D eigenvalue weighted by atomic mass is 9.92. The number of benzene rings is 1. The molecule has 2 rings (SSSR count). The van der Waals surface area contributed by atoms with Gasteiger partial charge >= 0.3 is 5.97 Å². The standard InChI is InChI=1S/C15H19NO6/c1-21-11-2-4-12(5-3-11)22-10-13(17)16-8-6-15(20,7-9-16)14(18)19/h2-5,20H,6-10H2,1H3,(H,18,19). The summed E-state index contributed by atoms with van der Waals surface area (Å²) in [7, 11) is 1.56. The van der Waals surface area contributed by atoms with Crippen LogP contribution in [-0.4, -0.2) is 59.4 Å². The van der Waals surface area contributed by atoms with E-state index in [1.165, 1.54) is 4.90 Å². The quantitative estimate of drug-likeness (QED) is 0.823. The highest BCUT2D eigenvalue weighted by Gasteiger charge is 2.40. The van der Waals surface area contributed by atoms with Gasteiger partial charge in [-0.15, -0.1) is 0 Å². The highest BCUT2D eigenvalue weighted by Crippen LogP contribution is 2.23. The number of aliphatic carboxylic acids is 1. The van der Waals surface area contributed by atoms with Crippen LogP contribution >= 0.6 is 0 Å². The number of carboxylic acid groups (broad SMARTS) is 1. The molecule has 1 aliphatic heterocycles. The number of carboxylic acids is 1. The van der Waals surface area contributed by atoms with Crippen molar-refractivity contribution in [1.82, 2.24) is 4.90 Å². The highest BCUT2D eigenvalue weighted by atomic mass is 16.5. The van der Waals surface area contributed by atoms with Crippen LogP contribution in [0.25, 0.3) is 0 Å². The third kappa shape index (κ3) is 3.67. The maximum Gasteiger partial charge on any atom is 0.335 e. The van der Waals surface area contributed by atoms with Crippen LogP contribution in [0.4, 0.5) is 0 Å². The molecular weight excluding hydrogens is 290 g/mol. The second kappa shape index (κ2) is 6.65. The van der Waals surface area contributed by atoms with E-state index in [9.17, 15) is 14.7 Å². The summed E-state index contributed by atoms with van der Waals surface area (Å²) in [6, 6.07) is 6.86. The van der Waals surface area contributed by atoms with E-state index in [0.29, 0.717) is 11.5 Å². The van der Waals surface area contributed by atoms with E-state index in [-0.39, 0.29) is 38.4 Å². The second-order valence-electron chi connectivity index (χ2n) is 5.18. The number of likely N-dealkylation sites (tertiary alicyclic amines) is 1. The van der Waals surface area contributed by atoms with Gasteiger partial charge in [-0.2, -0.15) is 0 Å². The molecule has 0 unspecified atom stereocenters. The molecule has 0 aliphatic carbocycles. The van der Waals surface area contributed by atoms with E-state index < -0.39 is 11.6 Å². The van der Waals surface area contributed by atoms with Gasteiger partial charge < -0.3 is 24.6 Å². The van der Waals surface area contributed by atoms with Gasteiger partial charge in [-0.05, 0) is 24.3 Å². The average molecular weight is 309 g/mol. The molecule has 0 radical (unpaired) electrons. The summed E-state index contributed by atoms with van der Waals surface area (Å²) in [5.74, 6) is -0.229. The molecule has 1 aromatic carbocycles. The monoisotopic (exact) mass is 309 g/mol. The Morgan fingerprint density at radius 3 is 2.23 bits per heavy atom. The van der Waals surface area contributed by atoms with Gasteiger partial charge in [0.2, 0.25) is 0 Å². The number of rotatable bonds is 5. The first kappa shape index (κ1) is 16.1. The fraction of sp³-hybridized carbons (Fsp3) is 0.467. The number of amides is 1. The van der Waals surface area contributed by atoms with Crippen molar-refractivity contribution in [3.05, 3.63) is 24.3 Å². The number of piperidine rings is 1. The smallest absolute Gasteiger partial charge is 0.335 e. The predicted octanol–water partition coefficient (Wildman–Crippen LogP) is 0.512. The van der Waals surface area contributed by atoms with Crippen LogP contribution in [0.1, 0.15) is 12.8 Å². The molecule has 1 aromatic rings. The molecule has 1 aliphatic rings. The Balaban J connectivity index is 1.82. The molecule has 7 heteroatoms. The molecular formula is C15H19NO6. The Bertz CT molecular complexity index is 533. The van der Waals surface area contributed by atoms with Crippen LogP contribution in [0, 0.1) is 0 Å². The van der Waals surface area contributed by atoms with Gasteiger partial charge in [0.05, 0.1) is 7.11 Å². The summed E-state index contributed by atoms with van der Waals surface area (Å²) in [4.78, 5) is 24.5. The lowest BCUT2D eigenvalue weighted by Gasteiger charge is -2.35. The van der Waals surface area contributed by atoms with E-state index in [4.69, 9.17) is 14.6 Å².